The van der Waals surface area contributed by atoms with E-state index in [1.165, 1.54) is 11.1 Å². The molecule has 18 heavy (non-hydrogen) atoms. The van der Waals surface area contributed by atoms with Gasteiger partial charge in [-0.05, 0) is 41.9 Å². The maximum Gasteiger partial charge on any atom is 0.192 e. The number of aromatic nitrogens is 1. The first-order valence-electron chi connectivity index (χ1n) is 6.49. The Balaban J connectivity index is 2.11. The number of rotatable bonds is 3. The molecule has 3 heteroatoms. The van der Waals surface area contributed by atoms with Crippen molar-refractivity contribution in [3.05, 3.63) is 42.2 Å². The van der Waals surface area contributed by atoms with Crippen LogP contribution in [0.1, 0.15) is 26.3 Å². The van der Waals surface area contributed by atoms with Gasteiger partial charge in [0.15, 0.2) is 8.32 Å². The molecule has 0 atom stereocenters. The van der Waals surface area contributed by atoms with E-state index in [4.69, 9.17) is 4.43 Å². The van der Waals surface area contributed by atoms with Crippen LogP contribution >= 0.6 is 0 Å². The fourth-order valence-corrected chi connectivity index (χ4v) is 2.63. The lowest BCUT2D eigenvalue weighted by Crippen LogP contribution is -2.40. The molecule has 2 aromatic rings. The van der Waals surface area contributed by atoms with Gasteiger partial charge >= 0.3 is 0 Å². The van der Waals surface area contributed by atoms with Gasteiger partial charge in [0.1, 0.15) is 0 Å². The number of hydrogen-bond acceptors (Lipinski definition) is 1. The van der Waals surface area contributed by atoms with E-state index >= 15 is 0 Å². The lowest BCUT2D eigenvalue weighted by molar-refractivity contribution is 0.276. The molecule has 0 N–H and O–H groups in total. The maximum absolute atomic E-state index is 6.24. The van der Waals surface area contributed by atoms with Gasteiger partial charge in [-0.15, -0.1) is 0 Å². The molecule has 0 radical (unpaired) electrons. The zero-order chi connectivity index (χ0) is 13.4. The molecule has 0 spiro atoms. The highest BCUT2D eigenvalue weighted by Crippen LogP contribution is 2.37. The maximum atomic E-state index is 6.24. The molecule has 0 bridgehead atoms. The van der Waals surface area contributed by atoms with Gasteiger partial charge < -0.3 is 8.83 Å². The van der Waals surface area contributed by atoms with Gasteiger partial charge in [-0.25, -0.2) is 0 Å². The minimum Gasteiger partial charge on any atom is -0.413 e. The van der Waals surface area contributed by atoms with Crippen LogP contribution in [0.5, 0.6) is 0 Å². The fourth-order valence-electron chi connectivity index (χ4n) is 1.67. The molecule has 0 amide bonds. The van der Waals surface area contributed by atoms with E-state index < -0.39 is 8.32 Å². The van der Waals surface area contributed by atoms with E-state index in [9.17, 15) is 0 Å². The van der Waals surface area contributed by atoms with Crippen LogP contribution < -0.4 is 0 Å². The summed E-state index contributed by atoms with van der Waals surface area (Å²) in [4.78, 5) is 0. The second-order valence-electron chi connectivity index (χ2n) is 6.43. The topological polar surface area (TPSA) is 13.6 Å². The van der Waals surface area contributed by atoms with E-state index in [1.54, 1.807) is 0 Å². The molecule has 2 heterocycles. The molecular weight excluding hydrogens is 238 g/mol. The van der Waals surface area contributed by atoms with Crippen LogP contribution in [0.3, 0.4) is 0 Å². The first kappa shape index (κ1) is 13.4. The van der Waals surface area contributed by atoms with Crippen LogP contribution in [0.25, 0.3) is 5.52 Å². The lowest BCUT2D eigenvalue weighted by Gasteiger charge is -2.36. The summed E-state index contributed by atoms with van der Waals surface area (Å²) in [5.41, 5.74) is 2.48. The van der Waals surface area contributed by atoms with Gasteiger partial charge in [0.2, 0.25) is 0 Å². The van der Waals surface area contributed by atoms with Crippen molar-refractivity contribution in [1.29, 1.82) is 0 Å². The lowest BCUT2D eigenvalue weighted by atomic mass is 10.2. The summed E-state index contributed by atoms with van der Waals surface area (Å²) in [6.45, 7) is 12.1. The fraction of sp³-hybridized carbons (Fsp3) is 0.467. The first-order chi connectivity index (χ1) is 8.29. The number of pyridine rings is 1. The van der Waals surface area contributed by atoms with Crippen molar-refractivity contribution in [1.82, 2.24) is 4.40 Å². The van der Waals surface area contributed by atoms with E-state index in [2.05, 4.69) is 68.9 Å². The minimum atomic E-state index is -1.65. The van der Waals surface area contributed by atoms with Crippen molar-refractivity contribution in [2.45, 2.75) is 45.5 Å². The minimum absolute atomic E-state index is 0.270. The van der Waals surface area contributed by atoms with Gasteiger partial charge in [-0.1, -0.05) is 26.8 Å². The standard InChI is InChI=1S/C15H23NOSi/c1-15(2,3)18(4,5)17-12-13-10-14-8-6-7-9-16(14)11-13/h6-11H,12H2,1-5H3. The molecule has 98 valence electrons. The molecular formula is C15H23NOSi. The normalized spacial score (nSPS) is 13.2. The van der Waals surface area contributed by atoms with Crippen LogP contribution in [0.15, 0.2) is 36.7 Å². The summed E-state index contributed by atoms with van der Waals surface area (Å²) in [5, 5.41) is 0.270. The zero-order valence-electron chi connectivity index (χ0n) is 12.0. The third-order valence-electron chi connectivity index (χ3n) is 3.97. The Morgan fingerprint density at radius 1 is 1.22 bits per heavy atom. The molecule has 0 aliphatic carbocycles. The highest BCUT2D eigenvalue weighted by molar-refractivity contribution is 6.74. The first-order valence-corrected chi connectivity index (χ1v) is 9.40. The quantitative estimate of drug-likeness (QED) is 0.744. The van der Waals surface area contributed by atoms with Gasteiger partial charge in [-0.2, -0.15) is 0 Å². The Bertz CT molecular complexity index is 504. The van der Waals surface area contributed by atoms with Gasteiger partial charge in [0.25, 0.3) is 0 Å². The summed E-state index contributed by atoms with van der Waals surface area (Å²) in [6, 6.07) is 8.43. The summed E-state index contributed by atoms with van der Waals surface area (Å²) in [6.07, 6.45) is 4.23. The summed E-state index contributed by atoms with van der Waals surface area (Å²) < 4.78 is 8.38. The van der Waals surface area contributed by atoms with Crippen LogP contribution in [-0.2, 0) is 11.0 Å². The Morgan fingerprint density at radius 3 is 2.56 bits per heavy atom. The van der Waals surface area contributed by atoms with E-state index in [-0.39, 0.29) is 5.04 Å². The second kappa shape index (κ2) is 4.56. The molecule has 0 aliphatic heterocycles. The summed E-state index contributed by atoms with van der Waals surface area (Å²) in [7, 11) is -1.65. The van der Waals surface area contributed by atoms with Crippen molar-refractivity contribution in [3.8, 4) is 0 Å². The monoisotopic (exact) mass is 261 g/mol. The highest BCUT2D eigenvalue weighted by Gasteiger charge is 2.37. The Hall–Kier alpha value is -1.06. The SMILES string of the molecule is CC(C)(C)[Si](C)(C)OCc1cc2ccccn2c1. The molecule has 0 saturated carbocycles. The number of nitrogens with zero attached hydrogens (tertiary/aromatic N) is 1. The summed E-state index contributed by atoms with van der Waals surface area (Å²) in [5.74, 6) is 0. The molecule has 2 rings (SSSR count). The average Bonchev–Trinajstić information content (AvgIpc) is 2.67. The highest BCUT2D eigenvalue weighted by atomic mass is 28.4. The molecule has 0 unspecified atom stereocenters. The number of hydrogen-bond donors (Lipinski definition) is 0. The molecule has 0 aliphatic rings. The van der Waals surface area contributed by atoms with Crippen LogP contribution in [-0.4, -0.2) is 12.7 Å². The van der Waals surface area contributed by atoms with Crippen LogP contribution in [0.4, 0.5) is 0 Å². The smallest absolute Gasteiger partial charge is 0.192 e. The second-order valence-corrected chi connectivity index (χ2v) is 11.2. The van der Waals surface area contributed by atoms with Crippen LogP contribution in [0.2, 0.25) is 18.1 Å². The van der Waals surface area contributed by atoms with E-state index in [0.29, 0.717) is 0 Å². The predicted molar refractivity (Wildman–Crippen MR) is 79.4 cm³/mol. The Kier molecular flexibility index (Phi) is 3.38. The van der Waals surface area contributed by atoms with E-state index in [1.807, 2.05) is 6.07 Å². The van der Waals surface area contributed by atoms with Crippen molar-refractivity contribution in [3.63, 3.8) is 0 Å². The molecule has 2 nitrogen and oxygen atoms in total. The van der Waals surface area contributed by atoms with Gasteiger partial charge in [0.05, 0.1) is 6.61 Å². The van der Waals surface area contributed by atoms with Crippen molar-refractivity contribution in [2.24, 2.45) is 0 Å². The predicted octanol–water partition coefficient (Wildman–Crippen LogP) is 4.46. The average molecular weight is 261 g/mol. The molecule has 2 aromatic heterocycles. The largest absolute Gasteiger partial charge is 0.413 e. The number of fused-ring (bicyclic) bond motifs is 1. The summed E-state index contributed by atoms with van der Waals surface area (Å²) >= 11 is 0. The third kappa shape index (κ3) is 2.67. The van der Waals surface area contributed by atoms with Gasteiger partial charge in [0, 0.05) is 17.9 Å². The van der Waals surface area contributed by atoms with Crippen LogP contribution in [0, 0.1) is 0 Å². The van der Waals surface area contributed by atoms with Gasteiger partial charge in [-0.3, -0.25) is 0 Å². The zero-order valence-corrected chi connectivity index (χ0v) is 13.0. The van der Waals surface area contributed by atoms with Crippen molar-refractivity contribution >= 4 is 13.8 Å². The van der Waals surface area contributed by atoms with Crippen molar-refractivity contribution in [2.75, 3.05) is 0 Å². The van der Waals surface area contributed by atoms with E-state index in [0.717, 1.165) is 6.61 Å². The third-order valence-corrected chi connectivity index (χ3v) is 8.45. The molecule has 0 aromatic carbocycles. The molecule has 0 fully saturated rings. The van der Waals surface area contributed by atoms with Crippen molar-refractivity contribution < 1.29 is 4.43 Å². The Morgan fingerprint density at radius 2 is 1.94 bits per heavy atom. The Labute approximate surface area is 111 Å². The molecule has 0 saturated heterocycles.